The maximum Gasteiger partial charge on any atom is 0.185 e. The van der Waals surface area contributed by atoms with Crippen LogP contribution in [-0.4, -0.2) is 19.5 Å². The van der Waals surface area contributed by atoms with Crippen LogP contribution in [0.5, 0.6) is 0 Å². The molecule has 2 nitrogen and oxygen atoms in total. The molecule has 0 aromatic heterocycles. The van der Waals surface area contributed by atoms with Crippen LogP contribution < -0.4 is 0 Å². The van der Waals surface area contributed by atoms with E-state index in [4.69, 9.17) is 4.43 Å². The highest BCUT2D eigenvalue weighted by Crippen LogP contribution is 2.55. The molecule has 0 spiro atoms. The standard InChI is InChI=1S/C19H20O2Si/c1-22(2,3)21-19-16-10-5-4-8-14(16)15-9-6-7-13(18(15)19)11-12-17(19)20/h4-12,17,20H,1-3H3/t17-,19+/m1/s1. The van der Waals surface area contributed by atoms with Crippen LogP contribution in [0, 0.1) is 0 Å². The normalized spacial score (nSPS) is 25.0. The molecule has 0 unspecified atom stereocenters. The molecule has 2 aliphatic rings. The molecule has 22 heavy (non-hydrogen) atoms. The summed E-state index contributed by atoms with van der Waals surface area (Å²) in [5, 5.41) is 10.9. The predicted molar refractivity (Wildman–Crippen MR) is 92.1 cm³/mol. The van der Waals surface area contributed by atoms with Crippen LogP contribution in [0.2, 0.25) is 19.6 Å². The molecule has 2 aromatic carbocycles. The third-order valence-electron chi connectivity index (χ3n) is 4.43. The summed E-state index contributed by atoms with van der Waals surface area (Å²) in [5.74, 6) is 0. The van der Waals surface area contributed by atoms with Crippen LogP contribution >= 0.6 is 0 Å². The SMILES string of the molecule is C[Si](C)(C)O[C@]12c3ccccc3-c3cccc(c31)C=C[C@H]2O. The Kier molecular flexibility index (Phi) is 2.80. The van der Waals surface area contributed by atoms with E-state index in [9.17, 15) is 5.11 Å². The smallest absolute Gasteiger partial charge is 0.185 e. The molecule has 0 amide bonds. The molecule has 112 valence electrons. The molecule has 0 fully saturated rings. The Balaban J connectivity index is 2.10. The zero-order valence-corrected chi connectivity index (χ0v) is 14.1. The fraction of sp³-hybridized carbons (Fsp3) is 0.263. The minimum atomic E-state index is -1.88. The van der Waals surface area contributed by atoms with Gasteiger partial charge in [-0.2, -0.15) is 0 Å². The molecule has 0 radical (unpaired) electrons. The summed E-state index contributed by atoms with van der Waals surface area (Å²) in [6.45, 7) is 6.53. The van der Waals surface area contributed by atoms with E-state index in [1.54, 1.807) is 0 Å². The van der Waals surface area contributed by atoms with Gasteiger partial charge in [-0.3, -0.25) is 0 Å². The van der Waals surface area contributed by atoms with Gasteiger partial charge in [-0.15, -0.1) is 0 Å². The molecule has 2 aromatic rings. The van der Waals surface area contributed by atoms with Gasteiger partial charge in [0, 0.05) is 5.56 Å². The lowest BCUT2D eigenvalue weighted by molar-refractivity contribution is -0.00699. The van der Waals surface area contributed by atoms with Crippen molar-refractivity contribution in [3.63, 3.8) is 0 Å². The second-order valence-electron chi connectivity index (χ2n) is 7.07. The summed E-state index contributed by atoms with van der Waals surface area (Å²) < 4.78 is 6.67. The Morgan fingerprint density at radius 2 is 1.73 bits per heavy atom. The van der Waals surface area contributed by atoms with E-state index >= 15 is 0 Å². The number of fused-ring (bicyclic) bond motifs is 3. The largest absolute Gasteiger partial charge is 0.401 e. The van der Waals surface area contributed by atoms with Crippen molar-refractivity contribution in [1.29, 1.82) is 0 Å². The van der Waals surface area contributed by atoms with Crippen molar-refractivity contribution < 1.29 is 9.53 Å². The predicted octanol–water partition coefficient (Wildman–Crippen LogP) is 4.15. The van der Waals surface area contributed by atoms with Crippen LogP contribution in [0.3, 0.4) is 0 Å². The van der Waals surface area contributed by atoms with E-state index in [2.05, 4.69) is 56.0 Å². The topological polar surface area (TPSA) is 29.5 Å². The maximum absolute atomic E-state index is 10.9. The van der Waals surface area contributed by atoms with Crippen molar-refractivity contribution in [2.24, 2.45) is 0 Å². The highest BCUT2D eigenvalue weighted by molar-refractivity contribution is 6.69. The van der Waals surface area contributed by atoms with E-state index in [0.717, 1.165) is 16.7 Å². The van der Waals surface area contributed by atoms with Crippen molar-refractivity contribution in [3.05, 3.63) is 65.2 Å². The zero-order valence-electron chi connectivity index (χ0n) is 13.1. The van der Waals surface area contributed by atoms with Crippen molar-refractivity contribution >= 4 is 14.4 Å². The summed E-state index contributed by atoms with van der Waals surface area (Å²) in [6, 6.07) is 14.6. The van der Waals surface area contributed by atoms with Gasteiger partial charge in [-0.25, -0.2) is 0 Å². The molecule has 2 aliphatic carbocycles. The fourth-order valence-electron chi connectivity index (χ4n) is 3.81. The molecular weight excluding hydrogens is 288 g/mol. The molecule has 0 heterocycles. The second kappa shape index (κ2) is 4.41. The molecule has 0 saturated heterocycles. The van der Waals surface area contributed by atoms with Crippen molar-refractivity contribution in [1.82, 2.24) is 0 Å². The first-order chi connectivity index (χ1) is 10.4. The Bertz CT molecular complexity index is 788. The summed E-state index contributed by atoms with van der Waals surface area (Å²) in [7, 11) is -1.88. The first-order valence-electron chi connectivity index (χ1n) is 7.73. The third kappa shape index (κ3) is 1.73. The van der Waals surface area contributed by atoms with Gasteiger partial charge in [0.25, 0.3) is 0 Å². The minimum Gasteiger partial charge on any atom is -0.401 e. The highest BCUT2D eigenvalue weighted by Gasteiger charge is 2.53. The van der Waals surface area contributed by atoms with Gasteiger partial charge in [-0.05, 0) is 41.9 Å². The molecule has 0 aliphatic heterocycles. The fourth-order valence-corrected chi connectivity index (χ4v) is 5.11. The molecule has 2 atom stereocenters. The average molecular weight is 308 g/mol. The monoisotopic (exact) mass is 308 g/mol. The molecule has 0 saturated carbocycles. The van der Waals surface area contributed by atoms with Crippen LogP contribution in [-0.2, 0) is 10.0 Å². The third-order valence-corrected chi connectivity index (χ3v) is 5.36. The summed E-state index contributed by atoms with van der Waals surface area (Å²) in [4.78, 5) is 0. The molecular formula is C19H20O2Si. The van der Waals surface area contributed by atoms with Gasteiger partial charge in [-0.1, -0.05) is 54.6 Å². The quantitative estimate of drug-likeness (QED) is 0.845. The van der Waals surface area contributed by atoms with Gasteiger partial charge in [0.15, 0.2) is 8.32 Å². The van der Waals surface area contributed by atoms with E-state index in [-0.39, 0.29) is 0 Å². The number of aliphatic hydroxyl groups is 1. The first-order valence-corrected chi connectivity index (χ1v) is 11.1. The number of aliphatic hydroxyl groups excluding tert-OH is 1. The highest BCUT2D eigenvalue weighted by atomic mass is 28.4. The van der Waals surface area contributed by atoms with E-state index < -0.39 is 20.0 Å². The van der Waals surface area contributed by atoms with Gasteiger partial charge in [0.1, 0.15) is 11.7 Å². The first kappa shape index (κ1) is 13.9. The zero-order chi connectivity index (χ0) is 15.5. The summed E-state index contributed by atoms with van der Waals surface area (Å²) >= 11 is 0. The van der Waals surface area contributed by atoms with Gasteiger partial charge >= 0.3 is 0 Å². The Morgan fingerprint density at radius 1 is 1.00 bits per heavy atom. The summed E-state index contributed by atoms with van der Waals surface area (Å²) in [6.07, 6.45) is 3.23. The lowest BCUT2D eigenvalue weighted by Gasteiger charge is -2.42. The Morgan fingerprint density at radius 3 is 2.50 bits per heavy atom. The number of hydrogen-bond acceptors (Lipinski definition) is 2. The maximum atomic E-state index is 10.9. The molecule has 3 heteroatoms. The van der Waals surface area contributed by atoms with Crippen LogP contribution in [0.4, 0.5) is 0 Å². The van der Waals surface area contributed by atoms with Gasteiger partial charge < -0.3 is 9.53 Å². The molecule has 0 bridgehead atoms. The van der Waals surface area contributed by atoms with E-state index in [0.29, 0.717) is 0 Å². The summed E-state index contributed by atoms with van der Waals surface area (Å²) in [5.41, 5.74) is 5.00. The van der Waals surface area contributed by atoms with Crippen molar-refractivity contribution in [2.45, 2.75) is 31.3 Å². The molecule has 1 N–H and O–H groups in total. The Labute approximate surface area is 132 Å². The van der Waals surface area contributed by atoms with E-state index in [1.165, 1.54) is 11.1 Å². The number of rotatable bonds is 2. The van der Waals surface area contributed by atoms with Crippen LogP contribution in [0.1, 0.15) is 16.7 Å². The van der Waals surface area contributed by atoms with Crippen LogP contribution in [0.15, 0.2) is 48.5 Å². The average Bonchev–Trinajstić information content (AvgIpc) is 2.75. The number of benzene rings is 2. The van der Waals surface area contributed by atoms with E-state index in [1.807, 2.05) is 18.2 Å². The van der Waals surface area contributed by atoms with Gasteiger partial charge in [0.05, 0.1) is 0 Å². The second-order valence-corrected chi connectivity index (χ2v) is 11.5. The lowest BCUT2D eigenvalue weighted by atomic mass is 9.80. The van der Waals surface area contributed by atoms with Crippen molar-refractivity contribution in [2.75, 3.05) is 0 Å². The number of hydrogen-bond donors (Lipinski definition) is 1. The molecule has 4 rings (SSSR count). The van der Waals surface area contributed by atoms with Gasteiger partial charge in [0.2, 0.25) is 0 Å². The minimum absolute atomic E-state index is 0.656. The van der Waals surface area contributed by atoms with Crippen molar-refractivity contribution in [3.8, 4) is 11.1 Å². The van der Waals surface area contributed by atoms with Crippen LogP contribution in [0.25, 0.3) is 17.2 Å². The lowest BCUT2D eigenvalue weighted by Crippen LogP contribution is -2.49. The Hall–Kier alpha value is -1.68.